The van der Waals surface area contributed by atoms with Gasteiger partial charge >= 0.3 is 0 Å². The molecule has 2 rings (SSSR count). The molecule has 0 aliphatic carbocycles. The van der Waals surface area contributed by atoms with Crippen LogP contribution in [0.25, 0.3) is 0 Å². The Kier molecular flexibility index (Phi) is 4.88. The van der Waals surface area contributed by atoms with E-state index in [1.54, 1.807) is 30.4 Å². The Bertz CT molecular complexity index is 436. The summed E-state index contributed by atoms with van der Waals surface area (Å²) in [6, 6.07) is 1.43. The van der Waals surface area contributed by atoms with Crippen molar-refractivity contribution in [1.82, 2.24) is 4.98 Å². The van der Waals surface area contributed by atoms with Gasteiger partial charge in [-0.15, -0.1) is 11.8 Å². The smallest absolute Gasteiger partial charge is 0.251 e. The molecule has 0 amide bonds. The summed E-state index contributed by atoms with van der Waals surface area (Å²) in [5.74, 6) is 1.85. The van der Waals surface area contributed by atoms with Crippen molar-refractivity contribution in [2.24, 2.45) is 0 Å². The standard InChI is InChI=1S/C12H14FNO2S2/c1-2-16-12-10(13)8(3-4-14-12)11(15)9-7-17-5-6-18-9/h3-4,9H,2,5-7H2,1H3. The van der Waals surface area contributed by atoms with Gasteiger partial charge in [-0.25, -0.2) is 9.37 Å². The molecule has 2 heterocycles. The normalized spacial score (nSPS) is 19.6. The number of hydrogen-bond donors (Lipinski definition) is 0. The fourth-order valence-electron chi connectivity index (χ4n) is 1.66. The van der Waals surface area contributed by atoms with Gasteiger partial charge in [0.25, 0.3) is 5.88 Å². The van der Waals surface area contributed by atoms with E-state index in [9.17, 15) is 9.18 Å². The molecule has 1 atom stereocenters. The topological polar surface area (TPSA) is 39.2 Å². The van der Waals surface area contributed by atoms with Gasteiger partial charge in [-0.1, -0.05) is 0 Å². The van der Waals surface area contributed by atoms with Crippen molar-refractivity contribution >= 4 is 29.3 Å². The average molecular weight is 287 g/mol. The Morgan fingerprint density at radius 3 is 3.11 bits per heavy atom. The van der Waals surface area contributed by atoms with E-state index in [-0.39, 0.29) is 22.5 Å². The monoisotopic (exact) mass is 287 g/mol. The summed E-state index contributed by atoms with van der Waals surface area (Å²) in [7, 11) is 0. The van der Waals surface area contributed by atoms with Gasteiger partial charge in [0.15, 0.2) is 11.6 Å². The zero-order chi connectivity index (χ0) is 13.0. The summed E-state index contributed by atoms with van der Waals surface area (Å²) < 4.78 is 19.1. The molecule has 1 unspecified atom stereocenters. The zero-order valence-corrected chi connectivity index (χ0v) is 11.7. The Morgan fingerprint density at radius 2 is 2.44 bits per heavy atom. The lowest BCUT2D eigenvalue weighted by Gasteiger charge is -2.20. The second-order valence-electron chi connectivity index (χ2n) is 3.71. The first kappa shape index (κ1) is 13.7. The highest BCUT2D eigenvalue weighted by atomic mass is 32.2. The van der Waals surface area contributed by atoms with Gasteiger partial charge < -0.3 is 4.74 Å². The van der Waals surface area contributed by atoms with E-state index >= 15 is 0 Å². The quantitative estimate of drug-likeness (QED) is 0.796. The molecule has 0 saturated carbocycles. The van der Waals surface area contributed by atoms with E-state index in [1.165, 1.54) is 12.3 Å². The minimum atomic E-state index is -0.638. The summed E-state index contributed by atoms with van der Waals surface area (Å²) in [6.07, 6.45) is 1.42. The van der Waals surface area contributed by atoms with Crippen LogP contribution < -0.4 is 4.74 Å². The molecule has 1 aliphatic rings. The van der Waals surface area contributed by atoms with Crippen LogP contribution in [0.1, 0.15) is 17.3 Å². The van der Waals surface area contributed by atoms with E-state index in [1.807, 2.05) is 0 Å². The molecular formula is C12H14FNO2S2. The Labute approximate surface area is 114 Å². The van der Waals surface area contributed by atoms with Gasteiger partial charge in [0, 0.05) is 23.5 Å². The highest BCUT2D eigenvalue weighted by Crippen LogP contribution is 2.28. The van der Waals surface area contributed by atoms with Crippen LogP contribution in [0.3, 0.4) is 0 Å². The first-order valence-corrected chi connectivity index (χ1v) is 7.95. The van der Waals surface area contributed by atoms with Crippen molar-refractivity contribution < 1.29 is 13.9 Å². The molecule has 1 aromatic heterocycles. The van der Waals surface area contributed by atoms with Crippen molar-refractivity contribution in [2.75, 3.05) is 23.9 Å². The summed E-state index contributed by atoms with van der Waals surface area (Å²) in [6.45, 7) is 2.08. The highest BCUT2D eigenvalue weighted by molar-refractivity contribution is 8.07. The number of Topliss-reactive ketones (excluding diaryl/α,β-unsaturated/α-hetero) is 1. The fourth-order valence-corrected chi connectivity index (χ4v) is 4.29. The van der Waals surface area contributed by atoms with Gasteiger partial charge in [-0.05, 0) is 13.0 Å². The maximum absolute atomic E-state index is 14.0. The summed E-state index contributed by atoms with van der Waals surface area (Å²) >= 11 is 3.33. The molecule has 0 radical (unpaired) electrons. The number of pyridine rings is 1. The SMILES string of the molecule is CCOc1nccc(C(=O)C2CSCCS2)c1F. The van der Waals surface area contributed by atoms with Crippen molar-refractivity contribution in [3.8, 4) is 5.88 Å². The molecule has 1 aromatic rings. The number of ether oxygens (including phenoxy) is 1. The second kappa shape index (κ2) is 6.43. The van der Waals surface area contributed by atoms with Gasteiger partial charge in [0.1, 0.15) is 0 Å². The molecular weight excluding hydrogens is 273 g/mol. The number of halogens is 1. The largest absolute Gasteiger partial charge is 0.476 e. The van der Waals surface area contributed by atoms with E-state index in [2.05, 4.69) is 4.98 Å². The molecule has 0 aromatic carbocycles. The Morgan fingerprint density at radius 1 is 1.61 bits per heavy atom. The Balaban J connectivity index is 2.21. The molecule has 0 spiro atoms. The number of aromatic nitrogens is 1. The number of carbonyl (C=O) groups is 1. The molecule has 1 aliphatic heterocycles. The lowest BCUT2D eigenvalue weighted by Crippen LogP contribution is -2.25. The molecule has 1 saturated heterocycles. The number of nitrogens with zero attached hydrogens (tertiary/aromatic N) is 1. The predicted molar refractivity (Wildman–Crippen MR) is 73.3 cm³/mol. The van der Waals surface area contributed by atoms with E-state index in [0.717, 1.165) is 17.3 Å². The minimum Gasteiger partial charge on any atom is -0.476 e. The van der Waals surface area contributed by atoms with Crippen molar-refractivity contribution in [1.29, 1.82) is 0 Å². The molecule has 1 fully saturated rings. The van der Waals surface area contributed by atoms with E-state index in [0.29, 0.717) is 6.61 Å². The third kappa shape index (κ3) is 2.98. The van der Waals surface area contributed by atoms with Crippen LogP contribution >= 0.6 is 23.5 Å². The van der Waals surface area contributed by atoms with Crippen LogP contribution in [-0.2, 0) is 0 Å². The minimum absolute atomic E-state index is 0.0863. The summed E-state index contributed by atoms with van der Waals surface area (Å²) in [5, 5.41) is -0.157. The predicted octanol–water partition coefficient (Wildman–Crippen LogP) is 2.65. The summed E-state index contributed by atoms with van der Waals surface area (Å²) in [4.78, 5) is 16.0. The first-order valence-electron chi connectivity index (χ1n) is 5.75. The van der Waals surface area contributed by atoms with Crippen LogP contribution in [0.15, 0.2) is 12.3 Å². The maximum Gasteiger partial charge on any atom is 0.251 e. The number of thioether (sulfide) groups is 2. The van der Waals surface area contributed by atoms with Crippen molar-refractivity contribution in [3.05, 3.63) is 23.6 Å². The molecule has 3 nitrogen and oxygen atoms in total. The lowest BCUT2D eigenvalue weighted by atomic mass is 10.1. The third-order valence-electron chi connectivity index (χ3n) is 2.51. The summed E-state index contributed by atoms with van der Waals surface area (Å²) in [5.41, 5.74) is 0.0912. The number of carbonyl (C=O) groups excluding carboxylic acids is 1. The molecule has 18 heavy (non-hydrogen) atoms. The highest BCUT2D eigenvalue weighted by Gasteiger charge is 2.27. The van der Waals surface area contributed by atoms with Gasteiger partial charge in [0.05, 0.1) is 17.4 Å². The van der Waals surface area contributed by atoms with E-state index in [4.69, 9.17) is 4.74 Å². The third-order valence-corrected chi connectivity index (χ3v) is 5.27. The number of rotatable bonds is 4. The van der Waals surface area contributed by atoms with Crippen molar-refractivity contribution in [3.63, 3.8) is 0 Å². The van der Waals surface area contributed by atoms with E-state index < -0.39 is 5.82 Å². The first-order chi connectivity index (χ1) is 8.74. The average Bonchev–Trinajstić information content (AvgIpc) is 2.42. The van der Waals surface area contributed by atoms with Gasteiger partial charge in [-0.2, -0.15) is 11.8 Å². The van der Waals surface area contributed by atoms with Crippen LogP contribution in [-0.4, -0.2) is 39.9 Å². The second-order valence-corrected chi connectivity index (χ2v) is 6.17. The van der Waals surface area contributed by atoms with Gasteiger partial charge in [0.2, 0.25) is 0 Å². The molecule has 0 bridgehead atoms. The lowest BCUT2D eigenvalue weighted by molar-refractivity contribution is 0.0990. The number of hydrogen-bond acceptors (Lipinski definition) is 5. The fraction of sp³-hybridized carbons (Fsp3) is 0.500. The van der Waals surface area contributed by atoms with Crippen LogP contribution in [0, 0.1) is 5.82 Å². The van der Waals surface area contributed by atoms with Crippen molar-refractivity contribution in [2.45, 2.75) is 12.2 Å². The molecule has 98 valence electrons. The van der Waals surface area contributed by atoms with Crippen LogP contribution in [0.2, 0.25) is 0 Å². The van der Waals surface area contributed by atoms with Crippen LogP contribution in [0.4, 0.5) is 4.39 Å². The van der Waals surface area contributed by atoms with Crippen LogP contribution in [0.5, 0.6) is 5.88 Å². The zero-order valence-electron chi connectivity index (χ0n) is 10.0. The Hall–Kier alpha value is -0.750. The number of ketones is 1. The maximum atomic E-state index is 14.0. The van der Waals surface area contributed by atoms with Gasteiger partial charge in [-0.3, -0.25) is 4.79 Å². The molecule has 0 N–H and O–H groups in total. The molecule has 6 heteroatoms.